The van der Waals surface area contributed by atoms with E-state index >= 15 is 0 Å². The monoisotopic (exact) mass is 292 g/mol. The minimum Gasteiger partial charge on any atom is -0.289 e. The van der Waals surface area contributed by atoms with Gasteiger partial charge in [-0.15, -0.1) is 0 Å². The average Bonchev–Trinajstić information content (AvgIpc) is 2.08. The van der Waals surface area contributed by atoms with Crippen LogP contribution < -0.4 is 0 Å². The zero-order chi connectivity index (χ0) is 9.14. The van der Waals surface area contributed by atoms with Crippen molar-refractivity contribution in [1.29, 1.82) is 0 Å². The van der Waals surface area contributed by atoms with Crippen LogP contribution in [0.25, 0.3) is 0 Å². The molecule has 1 nitrogen and oxygen atoms in total. The SMILES string of the molecule is C=CC(=O)c1cc(Cl)ccc1I. The fourth-order valence-electron chi connectivity index (χ4n) is 0.796. The summed E-state index contributed by atoms with van der Waals surface area (Å²) in [7, 11) is 0. The molecule has 0 aromatic heterocycles. The van der Waals surface area contributed by atoms with Gasteiger partial charge in [-0.25, -0.2) is 0 Å². The molecular formula is C9H6ClIO. The summed E-state index contributed by atoms with van der Waals surface area (Å²) in [6, 6.07) is 5.20. The summed E-state index contributed by atoms with van der Waals surface area (Å²) >= 11 is 7.82. The molecule has 0 atom stereocenters. The van der Waals surface area contributed by atoms with Gasteiger partial charge >= 0.3 is 0 Å². The topological polar surface area (TPSA) is 17.1 Å². The molecule has 12 heavy (non-hydrogen) atoms. The van der Waals surface area contributed by atoms with Crippen molar-refractivity contribution in [3.63, 3.8) is 0 Å². The second-order valence-electron chi connectivity index (χ2n) is 2.19. The van der Waals surface area contributed by atoms with E-state index in [9.17, 15) is 4.79 Å². The van der Waals surface area contributed by atoms with Crippen LogP contribution in [0.3, 0.4) is 0 Å². The van der Waals surface area contributed by atoms with Crippen molar-refractivity contribution < 1.29 is 4.79 Å². The van der Waals surface area contributed by atoms with Crippen LogP contribution in [0.2, 0.25) is 5.02 Å². The lowest BCUT2D eigenvalue weighted by Gasteiger charge is -1.99. The molecule has 1 rings (SSSR count). The van der Waals surface area contributed by atoms with Crippen LogP contribution in [0.1, 0.15) is 10.4 Å². The van der Waals surface area contributed by atoms with Crippen molar-refractivity contribution in [2.75, 3.05) is 0 Å². The maximum Gasteiger partial charge on any atom is 0.186 e. The van der Waals surface area contributed by atoms with Gasteiger partial charge in [0.2, 0.25) is 0 Å². The van der Waals surface area contributed by atoms with E-state index in [1.165, 1.54) is 6.08 Å². The van der Waals surface area contributed by atoms with E-state index in [0.717, 1.165) is 3.57 Å². The maximum absolute atomic E-state index is 11.2. The Morgan fingerprint density at radius 3 is 2.83 bits per heavy atom. The molecule has 0 saturated heterocycles. The average molecular weight is 293 g/mol. The van der Waals surface area contributed by atoms with Crippen molar-refractivity contribution in [3.05, 3.63) is 45.0 Å². The van der Waals surface area contributed by atoms with Crippen molar-refractivity contribution in [2.24, 2.45) is 0 Å². The molecule has 0 amide bonds. The van der Waals surface area contributed by atoms with Crippen molar-refractivity contribution in [1.82, 2.24) is 0 Å². The third kappa shape index (κ3) is 2.08. The fourth-order valence-corrected chi connectivity index (χ4v) is 1.57. The number of carbonyl (C=O) groups excluding carboxylic acids is 1. The zero-order valence-corrected chi connectivity index (χ0v) is 9.09. The molecular weight excluding hydrogens is 286 g/mol. The van der Waals surface area contributed by atoms with Crippen molar-refractivity contribution in [2.45, 2.75) is 0 Å². The highest BCUT2D eigenvalue weighted by atomic mass is 127. The lowest BCUT2D eigenvalue weighted by atomic mass is 10.1. The Hall–Kier alpha value is -0.350. The summed E-state index contributed by atoms with van der Waals surface area (Å²) in [6.07, 6.45) is 1.29. The molecule has 1 aromatic rings. The summed E-state index contributed by atoms with van der Waals surface area (Å²) in [5, 5.41) is 0.570. The van der Waals surface area contributed by atoms with E-state index in [1.807, 2.05) is 0 Å². The van der Waals surface area contributed by atoms with E-state index in [0.29, 0.717) is 10.6 Å². The first-order chi connectivity index (χ1) is 5.65. The molecule has 0 N–H and O–H groups in total. The Kier molecular flexibility index (Phi) is 3.29. The summed E-state index contributed by atoms with van der Waals surface area (Å²) in [6.45, 7) is 3.41. The van der Waals surface area contributed by atoms with E-state index in [2.05, 4.69) is 29.2 Å². The number of carbonyl (C=O) groups is 1. The molecule has 3 heteroatoms. The standard InChI is InChI=1S/C9H6ClIO/c1-2-9(12)7-5-6(10)3-4-8(7)11/h2-5H,1H2. The summed E-state index contributed by atoms with van der Waals surface area (Å²) in [5.74, 6) is -0.0955. The summed E-state index contributed by atoms with van der Waals surface area (Å²) < 4.78 is 0.891. The van der Waals surface area contributed by atoms with Crippen LogP contribution in [-0.4, -0.2) is 5.78 Å². The van der Waals surface area contributed by atoms with E-state index in [1.54, 1.807) is 18.2 Å². The molecule has 0 unspecified atom stereocenters. The molecule has 0 bridgehead atoms. The molecule has 0 spiro atoms. The number of halogens is 2. The third-order valence-electron chi connectivity index (χ3n) is 1.38. The lowest BCUT2D eigenvalue weighted by Crippen LogP contribution is -1.96. The van der Waals surface area contributed by atoms with Crippen LogP contribution in [0.15, 0.2) is 30.9 Å². The number of hydrogen-bond acceptors (Lipinski definition) is 1. The van der Waals surface area contributed by atoms with Gasteiger partial charge in [0.15, 0.2) is 5.78 Å². The van der Waals surface area contributed by atoms with Gasteiger partial charge in [0.1, 0.15) is 0 Å². The van der Waals surface area contributed by atoms with Crippen LogP contribution >= 0.6 is 34.2 Å². The second kappa shape index (κ2) is 4.05. The van der Waals surface area contributed by atoms with Crippen LogP contribution in [0.4, 0.5) is 0 Å². The summed E-state index contributed by atoms with van der Waals surface area (Å²) in [5.41, 5.74) is 0.609. The first kappa shape index (κ1) is 9.74. The fraction of sp³-hybridized carbons (Fsp3) is 0. The van der Waals surface area contributed by atoms with Gasteiger partial charge in [0, 0.05) is 14.2 Å². The predicted molar refractivity (Wildman–Crippen MR) is 58.7 cm³/mol. The Morgan fingerprint density at radius 2 is 2.25 bits per heavy atom. The lowest BCUT2D eigenvalue weighted by molar-refractivity contribution is 0.104. The highest BCUT2D eigenvalue weighted by Crippen LogP contribution is 2.18. The zero-order valence-electron chi connectivity index (χ0n) is 6.18. The van der Waals surface area contributed by atoms with Gasteiger partial charge in [-0.05, 0) is 46.9 Å². The smallest absolute Gasteiger partial charge is 0.186 e. The van der Waals surface area contributed by atoms with Gasteiger partial charge in [0.25, 0.3) is 0 Å². The van der Waals surface area contributed by atoms with Crippen LogP contribution in [0, 0.1) is 3.57 Å². The molecule has 1 aromatic carbocycles. The second-order valence-corrected chi connectivity index (χ2v) is 3.79. The quantitative estimate of drug-likeness (QED) is 0.464. The van der Waals surface area contributed by atoms with Crippen LogP contribution in [-0.2, 0) is 0 Å². The van der Waals surface area contributed by atoms with Crippen molar-refractivity contribution >= 4 is 40.0 Å². The highest BCUT2D eigenvalue weighted by Gasteiger charge is 2.06. The van der Waals surface area contributed by atoms with Gasteiger partial charge in [-0.1, -0.05) is 18.2 Å². The minimum absolute atomic E-state index is 0.0955. The Bertz CT molecular complexity index is 333. The van der Waals surface area contributed by atoms with Gasteiger partial charge in [-0.2, -0.15) is 0 Å². The maximum atomic E-state index is 11.2. The minimum atomic E-state index is -0.0955. The number of ketones is 1. The molecule has 0 aliphatic carbocycles. The summed E-state index contributed by atoms with van der Waals surface area (Å²) in [4.78, 5) is 11.2. The Labute approximate surface area is 89.6 Å². The molecule has 0 saturated carbocycles. The van der Waals surface area contributed by atoms with E-state index < -0.39 is 0 Å². The molecule has 0 radical (unpaired) electrons. The third-order valence-corrected chi connectivity index (χ3v) is 2.56. The first-order valence-electron chi connectivity index (χ1n) is 3.27. The number of allylic oxidation sites excluding steroid dienone is 1. The van der Waals surface area contributed by atoms with Gasteiger partial charge in [0.05, 0.1) is 0 Å². The predicted octanol–water partition coefficient (Wildman–Crippen LogP) is 3.31. The number of hydrogen-bond donors (Lipinski definition) is 0. The first-order valence-corrected chi connectivity index (χ1v) is 4.72. The number of benzene rings is 1. The Balaban J connectivity index is 3.22. The van der Waals surface area contributed by atoms with Gasteiger partial charge < -0.3 is 0 Å². The van der Waals surface area contributed by atoms with E-state index in [-0.39, 0.29) is 5.78 Å². The molecule has 0 fully saturated rings. The Morgan fingerprint density at radius 1 is 1.58 bits per heavy atom. The van der Waals surface area contributed by atoms with Gasteiger partial charge in [-0.3, -0.25) is 4.79 Å². The highest BCUT2D eigenvalue weighted by molar-refractivity contribution is 14.1. The number of rotatable bonds is 2. The largest absolute Gasteiger partial charge is 0.289 e. The van der Waals surface area contributed by atoms with E-state index in [4.69, 9.17) is 11.6 Å². The molecule has 0 heterocycles. The molecule has 0 aliphatic heterocycles. The molecule has 0 aliphatic rings. The molecule has 62 valence electrons. The van der Waals surface area contributed by atoms with Crippen molar-refractivity contribution in [3.8, 4) is 0 Å². The van der Waals surface area contributed by atoms with Crippen LogP contribution in [0.5, 0.6) is 0 Å². The normalized spacial score (nSPS) is 9.50.